The zero-order valence-electron chi connectivity index (χ0n) is 15.1. The molecule has 1 heterocycles. The van der Waals surface area contributed by atoms with Gasteiger partial charge in [-0.05, 0) is 44.0 Å². The van der Waals surface area contributed by atoms with Crippen molar-refractivity contribution in [2.75, 3.05) is 20.3 Å². The standard InChI is InChI=1S/C19H26N2O4/c1-4-24-14-5-7-18(22)25-19(15(2)21-13-6-12-20-21)16-8-10-17(23-3)11-9-16/h6,8-13,15,19H,4-5,7,14H2,1-3H3/t15-,19-/m0/s1. The molecule has 6 nitrogen and oxygen atoms in total. The van der Waals surface area contributed by atoms with Crippen molar-refractivity contribution in [2.45, 2.75) is 38.8 Å². The van der Waals surface area contributed by atoms with Crippen LogP contribution >= 0.6 is 0 Å². The highest BCUT2D eigenvalue weighted by molar-refractivity contribution is 5.69. The van der Waals surface area contributed by atoms with Crippen molar-refractivity contribution in [3.63, 3.8) is 0 Å². The number of carbonyl (C=O) groups is 1. The molecule has 6 heteroatoms. The van der Waals surface area contributed by atoms with Crippen LogP contribution in [0.4, 0.5) is 0 Å². The molecule has 0 aliphatic heterocycles. The number of rotatable bonds is 10. The fraction of sp³-hybridized carbons (Fsp3) is 0.474. The molecule has 0 saturated carbocycles. The number of hydrogen-bond acceptors (Lipinski definition) is 5. The van der Waals surface area contributed by atoms with Crippen molar-refractivity contribution in [2.24, 2.45) is 0 Å². The largest absolute Gasteiger partial charge is 0.497 e. The topological polar surface area (TPSA) is 62.6 Å². The van der Waals surface area contributed by atoms with Crippen LogP contribution in [0, 0.1) is 0 Å². The molecular weight excluding hydrogens is 320 g/mol. The maximum Gasteiger partial charge on any atom is 0.306 e. The summed E-state index contributed by atoms with van der Waals surface area (Å²) in [6.45, 7) is 5.13. The Kier molecular flexibility index (Phi) is 7.47. The summed E-state index contributed by atoms with van der Waals surface area (Å²) in [6, 6.07) is 9.28. The Labute approximate surface area is 148 Å². The molecule has 2 aromatic rings. The first-order valence-corrected chi connectivity index (χ1v) is 8.56. The summed E-state index contributed by atoms with van der Waals surface area (Å²) in [5.74, 6) is 0.525. The average molecular weight is 346 g/mol. The van der Waals surface area contributed by atoms with Crippen LogP contribution in [0.15, 0.2) is 42.7 Å². The molecule has 1 aromatic carbocycles. The van der Waals surface area contributed by atoms with E-state index in [9.17, 15) is 4.79 Å². The maximum absolute atomic E-state index is 12.3. The molecule has 25 heavy (non-hydrogen) atoms. The summed E-state index contributed by atoms with van der Waals surface area (Å²) < 4.78 is 18.0. The van der Waals surface area contributed by atoms with E-state index in [0.717, 1.165) is 11.3 Å². The third-order valence-electron chi connectivity index (χ3n) is 3.96. The second-order valence-electron chi connectivity index (χ2n) is 5.71. The monoisotopic (exact) mass is 346 g/mol. The van der Waals surface area contributed by atoms with Gasteiger partial charge in [-0.3, -0.25) is 9.48 Å². The lowest BCUT2D eigenvalue weighted by molar-refractivity contribution is -0.152. The molecule has 0 aliphatic rings. The number of ether oxygens (including phenoxy) is 3. The highest BCUT2D eigenvalue weighted by Gasteiger charge is 2.25. The Morgan fingerprint density at radius 2 is 2.04 bits per heavy atom. The van der Waals surface area contributed by atoms with E-state index >= 15 is 0 Å². The smallest absolute Gasteiger partial charge is 0.306 e. The van der Waals surface area contributed by atoms with Crippen LogP contribution in [0.1, 0.15) is 44.4 Å². The van der Waals surface area contributed by atoms with Crippen LogP contribution in [-0.4, -0.2) is 36.1 Å². The summed E-state index contributed by atoms with van der Waals surface area (Å²) in [5.41, 5.74) is 0.905. The minimum atomic E-state index is -0.426. The van der Waals surface area contributed by atoms with E-state index < -0.39 is 6.10 Å². The number of nitrogens with zero attached hydrogens (tertiary/aromatic N) is 2. The molecule has 136 valence electrons. The van der Waals surface area contributed by atoms with E-state index in [1.807, 2.05) is 50.4 Å². The lowest BCUT2D eigenvalue weighted by Crippen LogP contribution is -2.21. The van der Waals surface area contributed by atoms with Gasteiger partial charge >= 0.3 is 5.97 Å². The summed E-state index contributed by atoms with van der Waals surface area (Å²) in [5, 5.41) is 4.27. The van der Waals surface area contributed by atoms with Crippen molar-refractivity contribution in [1.29, 1.82) is 0 Å². The van der Waals surface area contributed by atoms with Crippen molar-refractivity contribution in [3.8, 4) is 5.75 Å². The second kappa shape index (κ2) is 9.84. The number of methoxy groups -OCH3 is 1. The second-order valence-corrected chi connectivity index (χ2v) is 5.71. The van der Waals surface area contributed by atoms with Gasteiger partial charge < -0.3 is 14.2 Å². The van der Waals surface area contributed by atoms with E-state index in [-0.39, 0.29) is 12.0 Å². The molecular formula is C19H26N2O4. The van der Waals surface area contributed by atoms with Gasteiger partial charge in [-0.15, -0.1) is 0 Å². The third kappa shape index (κ3) is 5.60. The van der Waals surface area contributed by atoms with Crippen molar-refractivity contribution in [3.05, 3.63) is 48.3 Å². The fourth-order valence-corrected chi connectivity index (χ4v) is 2.56. The van der Waals surface area contributed by atoms with E-state index in [1.165, 1.54) is 0 Å². The van der Waals surface area contributed by atoms with Gasteiger partial charge in [0.25, 0.3) is 0 Å². The Hall–Kier alpha value is -2.34. The van der Waals surface area contributed by atoms with Crippen molar-refractivity contribution in [1.82, 2.24) is 9.78 Å². The van der Waals surface area contributed by atoms with E-state index in [2.05, 4.69) is 5.10 Å². The molecule has 0 spiro atoms. The zero-order valence-corrected chi connectivity index (χ0v) is 15.1. The summed E-state index contributed by atoms with van der Waals surface area (Å²) in [4.78, 5) is 12.3. The normalized spacial score (nSPS) is 13.2. The number of aromatic nitrogens is 2. The Balaban J connectivity index is 2.09. The quantitative estimate of drug-likeness (QED) is 0.486. The van der Waals surface area contributed by atoms with E-state index in [0.29, 0.717) is 26.1 Å². The summed E-state index contributed by atoms with van der Waals surface area (Å²) in [6.07, 6.45) is 4.14. The minimum Gasteiger partial charge on any atom is -0.497 e. The average Bonchev–Trinajstić information content (AvgIpc) is 3.18. The SMILES string of the molecule is CCOCCCC(=O)O[C@H](c1ccc(OC)cc1)[C@H](C)n1cccn1. The molecule has 0 amide bonds. The number of hydrogen-bond donors (Lipinski definition) is 0. The third-order valence-corrected chi connectivity index (χ3v) is 3.96. The maximum atomic E-state index is 12.3. The first-order chi connectivity index (χ1) is 12.2. The minimum absolute atomic E-state index is 0.126. The lowest BCUT2D eigenvalue weighted by Gasteiger charge is -2.25. The first-order valence-electron chi connectivity index (χ1n) is 8.56. The van der Waals surface area contributed by atoms with Crippen LogP contribution < -0.4 is 4.74 Å². The van der Waals surface area contributed by atoms with Crippen LogP contribution in [0.5, 0.6) is 5.75 Å². The predicted molar refractivity (Wildman–Crippen MR) is 94.5 cm³/mol. The number of carbonyl (C=O) groups excluding carboxylic acids is 1. The molecule has 0 bridgehead atoms. The van der Waals surface area contributed by atoms with Gasteiger partial charge in [0.15, 0.2) is 0 Å². The van der Waals surface area contributed by atoms with Crippen LogP contribution in [0.3, 0.4) is 0 Å². The zero-order chi connectivity index (χ0) is 18.1. The van der Waals surface area contributed by atoms with Gasteiger partial charge in [0.05, 0.1) is 13.2 Å². The molecule has 2 atom stereocenters. The highest BCUT2D eigenvalue weighted by Crippen LogP contribution is 2.31. The lowest BCUT2D eigenvalue weighted by atomic mass is 10.0. The molecule has 0 fully saturated rings. The van der Waals surface area contributed by atoms with Crippen LogP contribution in [-0.2, 0) is 14.3 Å². The molecule has 2 rings (SSSR count). The Morgan fingerprint density at radius 3 is 2.64 bits per heavy atom. The number of benzene rings is 1. The van der Waals surface area contributed by atoms with Crippen LogP contribution in [0.2, 0.25) is 0 Å². The van der Waals surface area contributed by atoms with Gasteiger partial charge in [-0.1, -0.05) is 12.1 Å². The van der Waals surface area contributed by atoms with Crippen LogP contribution in [0.25, 0.3) is 0 Å². The van der Waals surface area contributed by atoms with Gasteiger partial charge in [-0.2, -0.15) is 5.10 Å². The van der Waals surface area contributed by atoms with Gasteiger partial charge in [-0.25, -0.2) is 0 Å². The molecule has 0 N–H and O–H groups in total. The molecule has 1 aromatic heterocycles. The molecule has 0 radical (unpaired) electrons. The van der Waals surface area contributed by atoms with Gasteiger partial charge in [0.1, 0.15) is 11.9 Å². The Morgan fingerprint density at radius 1 is 1.28 bits per heavy atom. The molecule has 0 unspecified atom stereocenters. The predicted octanol–water partition coefficient (Wildman–Crippen LogP) is 3.55. The van der Waals surface area contributed by atoms with Gasteiger partial charge in [0, 0.05) is 32.0 Å². The Bertz CT molecular complexity index is 625. The fourth-order valence-electron chi connectivity index (χ4n) is 2.56. The molecule has 0 aliphatic carbocycles. The van der Waals surface area contributed by atoms with E-state index in [4.69, 9.17) is 14.2 Å². The first kappa shape index (κ1) is 19.0. The summed E-state index contributed by atoms with van der Waals surface area (Å²) >= 11 is 0. The molecule has 0 saturated heterocycles. The number of esters is 1. The highest BCUT2D eigenvalue weighted by atomic mass is 16.5. The van der Waals surface area contributed by atoms with E-state index in [1.54, 1.807) is 18.0 Å². The summed E-state index contributed by atoms with van der Waals surface area (Å²) in [7, 11) is 1.62. The van der Waals surface area contributed by atoms with Crippen molar-refractivity contribution >= 4 is 5.97 Å². The van der Waals surface area contributed by atoms with Gasteiger partial charge in [0.2, 0.25) is 0 Å². The van der Waals surface area contributed by atoms with Crippen molar-refractivity contribution < 1.29 is 19.0 Å².